The minimum absolute atomic E-state index is 0.101. The van der Waals surface area contributed by atoms with Crippen molar-refractivity contribution in [2.24, 2.45) is 7.05 Å². The summed E-state index contributed by atoms with van der Waals surface area (Å²) in [6, 6.07) is 8.58. The number of hydrogen-bond acceptors (Lipinski definition) is 6. The van der Waals surface area contributed by atoms with E-state index < -0.39 is 0 Å². The number of carbonyl (C=O) groups excluding carboxylic acids is 1. The van der Waals surface area contributed by atoms with E-state index in [1.54, 1.807) is 10.9 Å². The number of hydrogen-bond donors (Lipinski definition) is 1. The second-order valence-electron chi connectivity index (χ2n) is 6.61. The number of aromatic nitrogens is 4. The molecule has 0 aliphatic heterocycles. The van der Waals surface area contributed by atoms with Crippen molar-refractivity contribution in [2.45, 2.75) is 44.2 Å². The van der Waals surface area contributed by atoms with Crippen LogP contribution in [0.2, 0.25) is 0 Å². The molecule has 0 aliphatic carbocycles. The van der Waals surface area contributed by atoms with Crippen molar-refractivity contribution in [3.8, 4) is 11.3 Å². The Morgan fingerprint density at radius 2 is 2.04 bits per heavy atom. The minimum atomic E-state index is -0.101. The molecule has 1 aromatic carbocycles. The molecule has 1 amide bonds. The number of aryl methyl sites for hydroxylation is 2. The van der Waals surface area contributed by atoms with Gasteiger partial charge < -0.3 is 9.88 Å². The van der Waals surface area contributed by atoms with Gasteiger partial charge in [0.25, 0.3) is 0 Å². The van der Waals surface area contributed by atoms with E-state index in [0.29, 0.717) is 10.3 Å². The van der Waals surface area contributed by atoms with Crippen molar-refractivity contribution in [3.63, 3.8) is 0 Å². The van der Waals surface area contributed by atoms with Crippen LogP contribution in [0.1, 0.15) is 38.2 Å². The Bertz CT molecular complexity index is 888. The number of nitrogens with one attached hydrogen (secondary N) is 1. The molecule has 8 heteroatoms. The lowest BCUT2D eigenvalue weighted by molar-refractivity contribution is -0.113. The maximum Gasteiger partial charge on any atom is 0.236 e. The van der Waals surface area contributed by atoms with Gasteiger partial charge in [-0.25, -0.2) is 4.98 Å². The van der Waals surface area contributed by atoms with Crippen LogP contribution in [0.5, 0.6) is 0 Å². The van der Waals surface area contributed by atoms with Crippen molar-refractivity contribution >= 4 is 34.1 Å². The Kier molecular flexibility index (Phi) is 7.62. The van der Waals surface area contributed by atoms with Gasteiger partial charge in [0.1, 0.15) is 6.33 Å². The highest BCUT2D eigenvalue weighted by Crippen LogP contribution is 2.26. The summed E-state index contributed by atoms with van der Waals surface area (Å²) >= 11 is 2.79. The molecule has 0 saturated heterocycles. The van der Waals surface area contributed by atoms with Gasteiger partial charge in [0, 0.05) is 18.0 Å². The first-order valence-corrected chi connectivity index (χ1v) is 11.3. The van der Waals surface area contributed by atoms with Gasteiger partial charge in [0.15, 0.2) is 10.3 Å². The topological polar surface area (TPSA) is 72.7 Å². The number of thioether (sulfide) groups is 1. The van der Waals surface area contributed by atoms with E-state index in [4.69, 9.17) is 0 Å². The van der Waals surface area contributed by atoms with Crippen molar-refractivity contribution in [3.05, 3.63) is 41.5 Å². The molecule has 0 spiro atoms. The first-order chi connectivity index (χ1) is 13.7. The number of rotatable bonds is 10. The third-order valence-corrected chi connectivity index (χ3v) is 6.11. The molecule has 0 atom stereocenters. The number of thiazole rings is 1. The van der Waals surface area contributed by atoms with Crippen LogP contribution < -0.4 is 5.32 Å². The summed E-state index contributed by atoms with van der Waals surface area (Å²) in [5, 5.41) is 13.9. The maximum absolute atomic E-state index is 12.1. The highest BCUT2D eigenvalue weighted by Gasteiger charge is 2.10. The van der Waals surface area contributed by atoms with Gasteiger partial charge in [-0.05, 0) is 18.4 Å². The molecule has 2 aromatic heterocycles. The smallest absolute Gasteiger partial charge is 0.236 e. The van der Waals surface area contributed by atoms with Gasteiger partial charge in [-0.1, -0.05) is 62.2 Å². The molecule has 0 fully saturated rings. The molecule has 1 N–H and O–H groups in total. The summed E-state index contributed by atoms with van der Waals surface area (Å²) < 4.78 is 1.78. The van der Waals surface area contributed by atoms with Gasteiger partial charge in [-0.3, -0.25) is 4.79 Å². The predicted molar refractivity (Wildman–Crippen MR) is 116 cm³/mol. The second-order valence-corrected chi connectivity index (χ2v) is 8.41. The van der Waals surface area contributed by atoms with E-state index in [2.05, 4.69) is 51.7 Å². The van der Waals surface area contributed by atoms with Gasteiger partial charge >= 0.3 is 0 Å². The van der Waals surface area contributed by atoms with Gasteiger partial charge in [0.05, 0.1) is 11.4 Å². The van der Waals surface area contributed by atoms with Crippen LogP contribution in [0, 0.1) is 0 Å². The fourth-order valence-corrected chi connectivity index (χ4v) is 4.17. The maximum atomic E-state index is 12.1. The number of amides is 1. The summed E-state index contributed by atoms with van der Waals surface area (Å²) in [6.07, 6.45) is 7.85. The molecule has 0 unspecified atom stereocenters. The second kappa shape index (κ2) is 10.4. The summed E-state index contributed by atoms with van der Waals surface area (Å²) in [5.74, 6) is 0.171. The molecule has 6 nitrogen and oxygen atoms in total. The first kappa shape index (κ1) is 20.5. The fraction of sp³-hybridized carbons (Fsp3) is 0.400. The molecular weight excluding hydrogens is 390 g/mol. The van der Waals surface area contributed by atoms with Crippen LogP contribution in [0.15, 0.2) is 41.1 Å². The largest absolute Gasteiger partial charge is 0.312 e. The third-order valence-electron chi connectivity index (χ3n) is 4.32. The van der Waals surface area contributed by atoms with Crippen LogP contribution in [0.3, 0.4) is 0 Å². The van der Waals surface area contributed by atoms with Crippen molar-refractivity contribution in [1.82, 2.24) is 19.7 Å². The molecule has 2 heterocycles. The normalized spacial score (nSPS) is 10.9. The van der Waals surface area contributed by atoms with Gasteiger partial charge in [0.2, 0.25) is 5.91 Å². The zero-order valence-corrected chi connectivity index (χ0v) is 17.9. The molecule has 3 aromatic rings. The number of anilines is 1. The van der Waals surface area contributed by atoms with E-state index >= 15 is 0 Å². The Balaban J connectivity index is 1.50. The van der Waals surface area contributed by atoms with Crippen LogP contribution in [0.4, 0.5) is 5.13 Å². The SMILES string of the molecule is CCCCCCc1ccc(-c2csc(NC(=O)CSc3nncn3C)n2)cc1. The summed E-state index contributed by atoms with van der Waals surface area (Å²) in [4.78, 5) is 16.7. The van der Waals surface area contributed by atoms with E-state index in [1.165, 1.54) is 54.3 Å². The Morgan fingerprint density at radius 1 is 1.21 bits per heavy atom. The minimum Gasteiger partial charge on any atom is -0.312 e. The number of nitrogens with zero attached hydrogens (tertiary/aromatic N) is 4. The Hall–Kier alpha value is -2.19. The average molecular weight is 416 g/mol. The van der Waals surface area contributed by atoms with Crippen LogP contribution in [-0.2, 0) is 18.3 Å². The zero-order valence-electron chi connectivity index (χ0n) is 16.2. The van der Waals surface area contributed by atoms with E-state index in [1.807, 2.05) is 12.4 Å². The van der Waals surface area contributed by atoms with E-state index in [0.717, 1.165) is 17.7 Å². The molecule has 3 rings (SSSR count). The predicted octanol–water partition coefficient (Wildman–Crippen LogP) is 4.79. The zero-order chi connectivity index (χ0) is 19.8. The van der Waals surface area contributed by atoms with Crippen LogP contribution >= 0.6 is 23.1 Å². The highest BCUT2D eigenvalue weighted by atomic mass is 32.2. The molecular formula is C20H25N5OS2. The Labute approximate surface area is 173 Å². The van der Waals surface area contributed by atoms with E-state index in [-0.39, 0.29) is 11.7 Å². The fourth-order valence-electron chi connectivity index (χ4n) is 2.75. The lowest BCUT2D eigenvalue weighted by Crippen LogP contribution is -2.14. The van der Waals surface area contributed by atoms with E-state index in [9.17, 15) is 4.79 Å². The van der Waals surface area contributed by atoms with Crippen LogP contribution in [-0.4, -0.2) is 31.4 Å². The Morgan fingerprint density at radius 3 is 2.75 bits per heavy atom. The molecule has 0 saturated carbocycles. The van der Waals surface area contributed by atoms with Crippen molar-refractivity contribution < 1.29 is 4.79 Å². The molecule has 0 bridgehead atoms. The van der Waals surface area contributed by atoms with Gasteiger partial charge in [-0.2, -0.15) is 0 Å². The lowest BCUT2D eigenvalue weighted by atomic mass is 10.0. The quantitative estimate of drug-likeness (QED) is 0.381. The molecule has 0 radical (unpaired) electrons. The number of unbranched alkanes of at least 4 members (excludes halogenated alkanes) is 3. The summed E-state index contributed by atoms with van der Waals surface area (Å²) in [5.41, 5.74) is 3.32. The van der Waals surface area contributed by atoms with Gasteiger partial charge in [-0.15, -0.1) is 21.5 Å². The monoisotopic (exact) mass is 415 g/mol. The lowest BCUT2D eigenvalue weighted by Gasteiger charge is -2.03. The summed E-state index contributed by atoms with van der Waals surface area (Å²) in [6.45, 7) is 2.23. The van der Waals surface area contributed by atoms with Crippen molar-refractivity contribution in [2.75, 3.05) is 11.1 Å². The highest BCUT2D eigenvalue weighted by molar-refractivity contribution is 7.99. The van der Waals surface area contributed by atoms with Crippen LogP contribution in [0.25, 0.3) is 11.3 Å². The first-order valence-electron chi connectivity index (χ1n) is 9.47. The average Bonchev–Trinajstić information content (AvgIpc) is 3.33. The summed E-state index contributed by atoms with van der Waals surface area (Å²) in [7, 11) is 1.85. The molecule has 28 heavy (non-hydrogen) atoms. The van der Waals surface area contributed by atoms with Crippen molar-refractivity contribution in [1.29, 1.82) is 0 Å². The molecule has 148 valence electrons. The standard InChI is InChI=1S/C20H25N5OS2/c1-3-4-5-6-7-15-8-10-16(11-9-15)17-12-27-19(22-17)23-18(26)13-28-20-24-21-14-25(20)2/h8-12,14H,3-7,13H2,1-2H3,(H,22,23,26). The number of carbonyl (C=O) groups is 1. The third kappa shape index (κ3) is 5.90. The molecule has 0 aliphatic rings. The number of benzene rings is 1.